The molecule has 4 nitrogen and oxygen atoms in total. The van der Waals surface area contributed by atoms with Gasteiger partial charge in [0.2, 0.25) is 5.91 Å². The molecule has 0 fully saturated rings. The van der Waals surface area contributed by atoms with Crippen molar-refractivity contribution in [3.63, 3.8) is 0 Å². The van der Waals surface area contributed by atoms with Crippen LogP contribution in [-0.4, -0.2) is 26.1 Å². The van der Waals surface area contributed by atoms with Crippen molar-refractivity contribution in [2.75, 3.05) is 10.7 Å². The summed E-state index contributed by atoms with van der Waals surface area (Å²) in [4.78, 5) is 14.4. The standard InChI is InChI=1S/C18H15BrFNO3S/c19-14-3-7-16(8-4-14)21(17-9-10-25(23,24)12-17)18(22)11-13-1-5-15(20)6-2-13/h1-10,17H,11-12H2/t17-/m1/s1. The zero-order chi connectivity index (χ0) is 18.0. The van der Waals surface area contributed by atoms with Crippen LogP contribution in [-0.2, 0) is 21.1 Å². The van der Waals surface area contributed by atoms with Gasteiger partial charge in [0, 0.05) is 15.6 Å². The molecule has 3 rings (SSSR count). The van der Waals surface area contributed by atoms with Crippen molar-refractivity contribution in [1.29, 1.82) is 0 Å². The molecule has 1 heterocycles. The van der Waals surface area contributed by atoms with Crippen molar-refractivity contribution in [3.8, 4) is 0 Å². The first-order chi connectivity index (χ1) is 11.8. The highest BCUT2D eigenvalue weighted by Crippen LogP contribution is 2.25. The Kier molecular flexibility index (Phi) is 5.06. The number of halogens is 2. The zero-order valence-electron chi connectivity index (χ0n) is 13.1. The van der Waals surface area contributed by atoms with E-state index in [-0.39, 0.29) is 23.9 Å². The smallest absolute Gasteiger partial charge is 0.231 e. The van der Waals surface area contributed by atoms with Gasteiger partial charge in [0.15, 0.2) is 9.84 Å². The number of sulfone groups is 1. The predicted octanol–water partition coefficient (Wildman–Crippen LogP) is 3.47. The molecular weight excluding hydrogens is 409 g/mol. The van der Waals surface area contributed by atoms with Gasteiger partial charge >= 0.3 is 0 Å². The summed E-state index contributed by atoms with van der Waals surface area (Å²) < 4.78 is 37.4. The molecule has 130 valence electrons. The number of benzene rings is 2. The lowest BCUT2D eigenvalue weighted by Crippen LogP contribution is -2.42. The number of hydrogen-bond acceptors (Lipinski definition) is 3. The van der Waals surface area contributed by atoms with E-state index in [1.54, 1.807) is 36.4 Å². The van der Waals surface area contributed by atoms with Gasteiger partial charge in [-0.05, 0) is 48.0 Å². The lowest BCUT2D eigenvalue weighted by Gasteiger charge is -2.28. The second kappa shape index (κ2) is 7.09. The van der Waals surface area contributed by atoms with Crippen molar-refractivity contribution >= 4 is 37.4 Å². The van der Waals surface area contributed by atoms with Gasteiger partial charge in [-0.3, -0.25) is 4.79 Å². The quantitative estimate of drug-likeness (QED) is 0.756. The van der Waals surface area contributed by atoms with Crippen molar-refractivity contribution in [2.45, 2.75) is 12.5 Å². The highest BCUT2D eigenvalue weighted by atomic mass is 79.9. The van der Waals surface area contributed by atoms with Gasteiger partial charge in [-0.25, -0.2) is 12.8 Å². The molecule has 7 heteroatoms. The monoisotopic (exact) mass is 423 g/mol. The average molecular weight is 424 g/mol. The fourth-order valence-electron chi connectivity index (χ4n) is 2.70. The van der Waals surface area contributed by atoms with Crippen LogP contribution in [0.4, 0.5) is 10.1 Å². The summed E-state index contributed by atoms with van der Waals surface area (Å²) in [5.41, 5.74) is 1.28. The van der Waals surface area contributed by atoms with Crippen LogP contribution in [0.3, 0.4) is 0 Å². The Morgan fingerprint density at radius 3 is 2.32 bits per heavy atom. The Morgan fingerprint density at radius 1 is 1.12 bits per heavy atom. The van der Waals surface area contributed by atoms with E-state index < -0.39 is 15.9 Å². The molecule has 1 aliphatic rings. The fraction of sp³-hybridized carbons (Fsp3) is 0.167. The molecule has 2 aromatic rings. The third-order valence-electron chi connectivity index (χ3n) is 3.88. The maximum Gasteiger partial charge on any atom is 0.231 e. The molecule has 0 bridgehead atoms. The highest BCUT2D eigenvalue weighted by molar-refractivity contribution is 9.10. The van der Waals surface area contributed by atoms with E-state index in [0.29, 0.717) is 11.3 Å². The van der Waals surface area contributed by atoms with Gasteiger partial charge < -0.3 is 4.90 Å². The summed E-state index contributed by atoms with van der Waals surface area (Å²) in [7, 11) is -3.30. The molecule has 0 saturated carbocycles. The molecule has 25 heavy (non-hydrogen) atoms. The predicted molar refractivity (Wildman–Crippen MR) is 98.4 cm³/mol. The number of rotatable bonds is 4. The van der Waals surface area contributed by atoms with Crippen molar-refractivity contribution in [2.24, 2.45) is 0 Å². The second-order valence-electron chi connectivity index (χ2n) is 5.77. The zero-order valence-corrected chi connectivity index (χ0v) is 15.5. The summed E-state index contributed by atoms with van der Waals surface area (Å²) in [6.45, 7) is 0. The van der Waals surface area contributed by atoms with Crippen molar-refractivity contribution in [1.82, 2.24) is 0 Å². The third kappa shape index (κ3) is 4.35. The number of hydrogen-bond donors (Lipinski definition) is 0. The molecule has 0 radical (unpaired) electrons. The molecule has 1 amide bonds. The molecule has 0 unspecified atom stereocenters. The van der Waals surface area contributed by atoms with Gasteiger partial charge in [0.25, 0.3) is 0 Å². The van der Waals surface area contributed by atoms with Crippen LogP contribution in [0.25, 0.3) is 0 Å². The molecule has 1 aliphatic heterocycles. The van der Waals surface area contributed by atoms with Crippen molar-refractivity contribution in [3.05, 3.63) is 75.9 Å². The van der Waals surface area contributed by atoms with E-state index in [4.69, 9.17) is 0 Å². The normalized spacial score (nSPS) is 18.2. The summed E-state index contributed by atoms with van der Waals surface area (Å²) in [5, 5.41) is 1.15. The first kappa shape index (κ1) is 17.8. The van der Waals surface area contributed by atoms with E-state index in [0.717, 1.165) is 9.88 Å². The largest absolute Gasteiger partial charge is 0.304 e. The Balaban J connectivity index is 1.90. The molecule has 0 saturated heterocycles. The minimum absolute atomic E-state index is 0.0563. The summed E-state index contributed by atoms with van der Waals surface area (Å²) in [6.07, 6.45) is 1.58. The van der Waals surface area contributed by atoms with Crippen molar-refractivity contribution < 1.29 is 17.6 Å². The molecule has 0 N–H and O–H groups in total. The summed E-state index contributed by atoms with van der Waals surface area (Å²) in [6, 6.07) is 12.2. The van der Waals surface area contributed by atoms with Crippen LogP contribution in [0.5, 0.6) is 0 Å². The van der Waals surface area contributed by atoms with E-state index in [1.807, 2.05) is 0 Å². The summed E-state index contributed by atoms with van der Waals surface area (Å²) in [5.74, 6) is -0.760. The number of nitrogens with zero attached hydrogens (tertiary/aromatic N) is 1. The first-order valence-electron chi connectivity index (χ1n) is 7.57. The van der Waals surface area contributed by atoms with E-state index in [2.05, 4.69) is 15.9 Å². The van der Waals surface area contributed by atoms with E-state index >= 15 is 0 Å². The fourth-order valence-corrected chi connectivity index (χ4v) is 4.24. The van der Waals surface area contributed by atoms with E-state index in [9.17, 15) is 17.6 Å². The van der Waals surface area contributed by atoms with Gasteiger partial charge in [-0.2, -0.15) is 0 Å². The SMILES string of the molecule is O=C(Cc1ccc(F)cc1)N(c1ccc(Br)cc1)[C@@H]1C=CS(=O)(=O)C1. The molecule has 0 spiro atoms. The second-order valence-corrected chi connectivity index (χ2v) is 8.62. The lowest BCUT2D eigenvalue weighted by molar-refractivity contribution is -0.118. The van der Waals surface area contributed by atoms with Gasteiger partial charge in [-0.1, -0.05) is 28.1 Å². The number of carbonyl (C=O) groups excluding carboxylic acids is 1. The van der Waals surface area contributed by atoms with Gasteiger partial charge in [-0.15, -0.1) is 0 Å². The molecule has 2 aromatic carbocycles. The third-order valence-corrected chi connectivity index (χ3v) is 5.79. The minimum Gasteiger partial charge on any atom is -0.304 e. The Morgan fingerprint density at radius 2 is 1.76 bits per heavy atom. The number of anilines is 1. The Labute approximate surface area is 154 Å². The minimum atomic E-state index is -3.30. The summed E-state index contributed by atoms with van der Waals surface area (Å²) >= 11 is 3.34. The maximum absolute atomic E-state index is 13.0. The molecule has 1 atom stereocenters. The molecule has 0 aliphatic carbocycles. The van der Waals surface area contributed by atoms with Crippen LogP contribution in [0.1, 0.15) is 5.56 Å². The lowest BCUT2D eigenvalue weighted by atomic mass is 10.1. The van der Waals surface area contributed by atoms with Crippen LogP contribution in [0.2, 0.25) is 0 Å². The van der Waals surface area contributed by atoms with Gasteiger partial charge in [0.1, 0.15) is 5.82 Å². The Hall–Kier alpha value is -1.99. The highest BCUT2D eigenvalue weighted by Gasteiger charge is 2.31. The average Bonchev–Trinajstić information content (AvgIpc) is 2.91. The van der Waals surface area contributed by atoms with Crippen LogP contribution >= 0.6 is 15.9 Å². The Bertz CT molecular complexity index is 908. The van der Waals surface area contributed by atoms with E-state index in [1.165, 1.54) is 23.1 Å². The van der Waals surface area contributed by atoms with Crippen LogP contribution < -0.4 is 4.90 Å². The maximum atomic E-state index is 13.0. The number of amides is 1. The molecular formula is C18H15BrFNO3S. The van der Waals surface area contributed by atoms with Crippen LogP contribution in [0.15, 0.2) is 64.5 Å². The topological polar surface area (TPSA) is 54.5 Å². The van der Waals surface area contributed by atoms with Crippen LogP contribution in [0, 0.1) is 5.82 Å². The van der Waals surface area contributed by atoms with Gasteiger partial charge in [0.05, 0.1) is 18.2 Å². The molecule has 0 aromatic heterocycles. The number of carbonyl (C=O) groups is 1. The first-order valence-corrected chi connectivity index (χ1v) is 10.1.